The van der Waals surface area contributed by atoms with Crippen LogP contribution in [0.1, 0.15) is 5.56 Å². The standard InChI is InChI=1S/C17H15N3/c1-2-6-14(7-3-1)12-19-15-9-10-17(20-13-15)16-8-4-5-11-18-16/h1-11,13,19H,12H2. The second kappa shape index (κ2) is 5.97. The molecule has 2 heterocycles. The van der Waals surface area contributed by atoms with Crippen LogP contribution in [0.4, 0.5) is 5.69 Å². The third-order valence-electron chi connectivity index (χ3n) is 3.03. The third kappa shape index (κ3) is 3.01. The molecule has 3 rings (SSSR count). The average molecular weight is 261 g/mol. The van der Waals surface area contributed by atoms with Crippen LogP contribution >= 0.6 is 0 Å². The predicted molar refractivity (Wildman–Crippen MR) is 81.2 cm³/mol. The molecule has 0 bridgehead atoms. The Morgan fingerprint density at radius 3 is 2.25 bits per heavy atom. The number of rotatable bonds is 4. The van der Waals surface area contributed by atoms with E-state index in [4.69, 9.17) is 0 Å². The summed E-state index contributed by atoms with van der Waals surface area (Å²) < 4.78 is 0. The summed E-state index contributed by atoms with van der Waals surface area (Å²) in [5.74, 6) is 0. The van der Waals surface area contributed by atoms with E-state index in [2.05, 4.69) is 27.4 Å². The van der Waals surface area contributed by atoms with Crippen molar-refractivity contribution >= 4 is 5.69 Å². The highest BCUT2D eigenvalue weighted by molar-refractivity contribution is 5.56. The Balaban J connectivity index is 1.68. The van der Waals surface area contributed by atoms with Crippen molar-refractivity contribution < 1.29 is 0 Å². The van der Waals surface area contributed by atoms with Crippen LogP contribution in [0.3, 0.4) is 0 Å². The average Bonchev–Trinajstić information content (AvgIpc) is 2.55. The van der Waals surface area contributed by atoms with Crippen LogP contribution in [0.25, 0.3) is 11.4 Å². The minimum Gasteiger partial charge on any atom is -0.380 e. The van der Waals surface area contributed by atoms with Crippen molar-refractivity contribution in [1.82, 2.24) is 9.97 Å². The number of aromatic nitrogens is 2. The number of pyridine rings is 2. The highest BCUT2D eigenvalue weighted by atomic mass is 14.9. The maximum atomic E-state index is 4.44. The molecule has 0 aliphatic heterocycles. The summed E-state index contributed by atoms with van der Waals surface area (Å²) in [5, 5.41) is 3.36. The second-order valence-corrected chi connectivity index (χ2v) is 4.49. The van der Waals surface area contributed by atoms with E-state index in [9.17, 15) is 0 Å². The molecule has 1 N–H and O–H groups in total. The van der Waals surface area contributed by atoms with Crippen molar-refractivity contribution in [1.29, 1.82) is 0 Å². The van der Waals surface area contributed by atoms with Gasteiger partial charge >= 0.3 is 0 Å². The molecule has 0 unspecified atom stereocenters. The molecule has 0 fully saturated rings. The molecule has 98 valence electrons. The van der Waals surface area contributed by atoms with E-state index in [1.165, 1.54) is 5.56 Å². The molecule has 2 aromatic heterocycles. The summed E-state index contributed by atoms with van der Waals surface area (Å²) in [6, 6.07) is 20.1. The van der Waals surface area contributed by atoms with Crippen LogP contribution in [-0.2, 0) is 6.54 Å². The summed E-state index contributed by atoms with van der Waals surface area (Å²) in [7, 11) is 0. The molecule has 3 nitrogen and oxygen atoms in total. The Bertz CT molecular complexity index is 649. The summed E-state index contributed by atoms with van der Waals surface area (Å²) >= 11 is 0. The van der Waals surface area contributed by atoms with Gasteiger partial charge in [0.25, 0.3) is 0 Å². The van der Waals surface area contributed by atoms with Gasteiger partial charge in [-0.2, -0.15) is 0 Å². The smallest absolute Gasteiger partial charge is 0.0887 e. The van der Waals surface area contributed by atoms with E-state index in [1.807, 2.05) is 54.7 Å². The van der Waals surface area contributed by atoms with Crippen LogP contribution in [0.2, 0.25) is 0 Å². The zero-order valence-electron chi connectivity index (χ0n) is 11.0. The first-order valence-corrected chi connectivity index (χ1v) is 6.57. The molecule has 3 heteroatoms. The number of hydrogen-bond donors (Lipinski definition) is 1. The second-order valence-electron chi connectivity index (χ2n) is 4.49. The molecule has 0 amide bonds. The SMILES string of the molecule is c1ccc(CNc2ccc(-c3ccccn3)nc2)cc1. The van der Waals surface area contributed by atoms with E-state index in [0.717, 1.165) is 23.6 Å². The molecule has 20 heavy (non-hydrogen) atoms. The minimum atomic E-state index is 0.797. The van der Waals surface area contributed by atoms with Gasteiger partial charge in [0.1, 0.15) is 0 Å². The fraction of sp³-hybridized carbons (Fsp3) is 0.0588. The van der Waals surface area contributed by atoms with Gasteiger partial charge in [-0.15, -0.1) is 0 Å². The zero-order chi connectivity index (χ0) is 13.6. The maximum Gasteiger partial charge on any atom is 0.0887 e. The Labute approximate surface area is 118 Å². The van der Waals surface area contributed by atoms with Crippen molar-refractivity contribution in [3.8, 4) is 11.4 Å². The number of nitrogens with zero attached hydrogens (tertiary/aromatic N) is 2. The Hall–Kier alpha value is -2.68. The molecule has 0 aliphatic carbocycles. The maximum absolute atomic E-state index is 4.44. The van der Waals surface area contributed by atoms with Crippen molar-refractivity contribution in [2.75, 3.05) is 5.32 Å². The monoisotopic (exact) mass is 261 g/mol. The summed E-state index contributed by atoms with van der Waals surface area (Å²) in [5.41, 5.74) is 4.04. The fourth-order valence-corrected chi connectivity index (χ4v) is 1.96. The van der Waals surface area contributed by atoms with Gasteiger partial charge in [-0.25, -0.2) is 0 Å². The van der Waals surface area contributed by atoms with Gasteiger partial charge in [-0.1, -0.05) is 36.4 Å². The van der Waals surface area contributed by atoms with E-state index >= 15 is 0 Å². The predicted octanol–water partition coefficient (Wildman–Crippen LogP) is 3.76. The quantitative estimate of drug-likeness (QED) is 0.777. The molecule has 0 radical (unpaired) electrons. The normalized spacial score (nSPS) is 10.2. The van der Waals surface area contributed by atoms with Gasteiger partial charge in [0.05, 0.1) is 23.3 Å². The first kappa shape index (κ1) is 12.4. The number of hydrogen-bond acceptors (Lipinski definition) is 3. The topological polar surface area (TPSA) is 37.8 Å². The lowest BCUT2D eigenvalue weighted by Crippen LogP contribution is -1.99. The van der Waals surface area contributed by atoms with Crippen LogP contribution in [0, 0.1) is 0 Å². The van der Waals surface area contributed by atoms with Crippen molar-refractivity contribution in [3.63, 3.8) is 0 Å². The van der Waals surface area contributed by atoms with E-state index < -0.39 is 0 Å². The molecule has 3 aromatic rings. The molecule has 1 aromatic carbocycles. The Kier molecular flexibility index (Phi) is 3.69. The van der Waals surface area contributed by atoms with Crippen LogP contribution in [0.15, 0.2) is 73.1 Å². The highest BCUT2D eigenvalue weighted by Gasteiger charge is 2.00. The summed E-state index contributed by atoms with van der Waals surface area (Å²) in [6.07, 6.45) is 3.62. The fourth-order valence-electron chi connectivity index (χ4n) is 1.96. The Morgan fingerprint density at radius 1 is 0.750 bits per heavy atom. The summed E-state index contributed by atoms with van der Waals surface area (Å²) in [6.45, 7) is 0.797. The van der Waals surface area contributed by atoms with Crippen LogP contribution in [-0.4, -0.2) is 9.97 Å². The van der Waals surface area contributed by atoms with Crippen molar-refractivity contribution in [2.45, 2.75) is 6.54 Å². The van der Waals surface area contributed by atoms with Crippen LogP contribution < -0.4 is 5.32 Å². The van der Waals surface area contributed by atoms with Gasteiger partial charge in [0.15, 0.2) is 0 Å². The highest BCUT2D eigenvalue weighted by Crippen LogP contribution is 2.16. The number of anilines is 1. The van der Waals surface area contributed by atoms with Gasteiger partial charge in [-0.3, -0.25) is 9.97 Å². The molecule has 0 atom stereocenters. The molecular weight excluding hydrogens is 246 g/mol. The van der Waals surface area contributed by atoms with E-state index in [-0.39, 0.29) is 0 Å². The summed E-state index contributed by atoms with van der Waals surface area (Å²) in [4.78, 5) is 8.73. The van der Waals surface area contributed by atoms with Crippen molar-refractivity contribution in [2.24, 2.45) is 0 Å². The molecule has 0 saturated carbocycles. The van der Waals surface area contributed by atoms with Gasteiger partial charge in [0.2, 0.25) is 0 Å². The first-order chi connectivity index (χ1) is 9.92. The zero-order valence-corrected chi connectivity index (χ0v) is 11.0. The van der Waals surface area contributed by atoms with Gasteiger partial charge in [0, 0.05) is 12.7 Å². The molecule has 0 spiro atoms. The molecule has 0 aliphatic rings. The lowest BCUT2D eigenvalue weighted by molar-refractivity contribution is 1.14. The lowest BCUT2D eigenvalue weighted by atomic mass is 10.2. The molecule has 0 saturated heterocycles. The Morgan fingerprint density at radius 2 is 1.55 bits per heavy atom. The van der Waals surface area contributed by atoms with Gasteiger partial charge in [-0.05, 0) is 29.8 Å². The van der Waals surface area contributed by atoms with E-state index in [0.29, 0.717) is 0 Å². The number of benzene rings is 1. The largest absolute Gasteiger partial charge is 0.380 e. The lowest BCUT2D eigenvalue weighted by Gasteiger charge is -2.07. The van der Waals surface area contributed by atoms with Crippen molar-refractivity contribution in [3.05, 3.63) is 78.6 Å². The van der Waals surface area contributed by atoms with Crippen LogP contribution in [0.5, 0.6) is 0 Å². The minimum absolute atomic E-state index is 0.797. The molecular formula is C17H15N3. The number of nitrogens with one attached hydrogen (secondary N) is 1. The first-order valence-electron chi connectivity index (χ1n) is 6.57. The third-order valence-corrected chi connectivity index (χ3v) is 3.03. The van der Waals surface area contributed by atoms with E-state index in [1.54, 1.807) is 6.20 Å². The van der Waals surface area contributed by atoms with Gasteiger partial charge < -0.3 is 5.32 Å².